The highest BCUT2D eigenvalue weighted by molar-refractivity contribution is 5.47. The zero-order valence-corrected chi connectivity index (χ0v) is 10.9. The van der Waals surface area contributed by atoms with Crippen molar-refractivity contribution in [3.05, 3.63) is 65.7 Å². The van der Waals surface area contributed by atoms with Crippen molar-refractivity contribution in [3.63, 3.8) is 0 Å². The Balaban J connectivity index is 2.28. The molecule has 0 amide bonds. The number of hydrogen-bond acceptors (Lipinski definition) is 2. The Morgan fingerprint density at radius 1 is 0.889 bits per heavy atom. The van der Waals surface area contributed by atoms with Crippen molar-refractivity contribution in [2.24, 2.45) is 0 Å². The van der Waals surface area contributed by atoms with Crippen LogP contribution >= 0.6 is 0 Å². The van der Waals surface area contributed by atoms with Crippen LogP contribution in [0, 0.1) is 0 Å². The monoisotopic (exact) mass is 241 g/mol. The number of hydrogen-bond donors (Lipinski definition) is 1. The molecular formula is C16H19NO. The van der Waals surface area contributed by atoms with Gasteiger partial charge in [-0.15, -0.1) is 0 Å². The molecule has 94 valence electrons. The Labute approximate surface area is 109 Å². The van der Waals surface area contributed by atoms with Crippen LogP contribution in [0.15, 0.2) is 54.6 Å². The zero-order valence-electron chi connectivity index (χ0n) is 10.9. The lowest BCUT2D eigenvalue weighted by Gasteiger charge is -2.17. The lowest BCUT2D eigenvalue weighted by atomic mass is 9.92. The minimum Gasteiger partial charge on any atom is -0.395 e. The molecule has 0 bridgehead atoms. The molecule has 2 nitrogen and oxygen atoms in total. The molecule has 1 unspecified atom stereocenters. The van der Waals surface area contributed by atoms with Crippen molar-refractivity contribution in [1.29, 1.82) is 0 Å². The number of anilines is 1. The molecule has 0 spiro atoms. The van der Waals surface area contributed by atoms with Gasteiger partial charge in [-0.05, 0) is 23.3 Å². The van der Waals surface area contributed by atoms with Crippen LogP contribution in [0.5, 0.6) is 0 Å². The summed E-state index contributed by atoms with van der Waals surface area (Å²) in [7, 11) is 4.05. The minimum absolute atomic E-state index is 0.0578. The van der Waals surface area contributed by atoms with Gasteiger partial charge in [0.25, 0.3) is 0 Å². The minimum atomic E-state index is 0.0578. The second-order valence-electron chi connectivity index (χ2n) is 4.63. The maximum atomic E-state index is 9.60. The van der Waals surface area contributed by atoms with E-state index in [1.807, 2.05) is 32.3 Å². The largest absolute Gasteiger partial charge is 0.395 e. The molecule has 2 aromatic rings. The molecule has 0 aliphatic rings. The molecule has 0 fully saturated rings. The average Bonchev–Trinajstić information content (AvgIpc) is 2.41. The van der Waals surface area contributed by atoms with E-state index in [4.69, 9.17) is 0 Å². The van der Waals surface area contributed by atoms with Crippen LogP contribution in [-0.4, -0.2) is 25.8 Å². The molecule has 1 atom stereocenters. The first-order valence-electron chi connectivity index (χ1n) is 6.15. The summed E-state index contributed by atoms with van der Waals surface area (Å²) in [6.45, 7) is 0.130. The van der Waals surface area contributed by atoms with Crippen molar-refractivity contribution in [2.45, 2.75) is 5.92 Å². The van der Waals surface area contributed by atoms with Crippen LogP contribution in [0.3, 0.4) is 0 Å². The van der Waals surface area contributed by atoms with E-state index in [1.165, 1.54) is 5.69 Å². The van der Waals surface area contributed by atoms with Gasteiger partial charge in [0.1, 0.15) is 0 Å². The van der Waals surface area contributed by atoms with E-state index in [0.717, 1.165) is 11.1 Å². The second-order valence-corrected chi connectivity index (χ2v) is 4.63. The molecule has 18 heavy (non-hydrogen) atoms. The highest BCUT2D eigenvalue weighted by Crippen LogP contribution is 2.25. The normalized spacial score (nSPS) is 12.2. The lowest BCUT2D eigenvalue weighted by Crippen LogP contribution is -2.10. The second kappa shape index (κ2) is 5.69. The lowest BCUT2D eigenvalue weighted by molar-refractivity contribution is 0.280. The van der Waals surface area contributed by atoms with E-state index in [1.54, 1.807) is 0 Å². The maximum absolute atomic E-state index is 9.60. The third-order valence-corrected chi connectivity index (χ3v) is 3.20. The Bertz CT molecular complexity index is 476. The maximum Gasteiger partial charge on any atom is 0.0540 e. The highest BCUT2D eigenvalue weighted by Gasteiger charge is 2.12. The van der Waals surface area contributed by atoms with E-state index < -0.39 is 0 Å². The first kappa shape index (κ1) is 12.7. The fourth-order valence-electron chi connectivity index (χ4n) is 2.09. The van der Waals surface area contributed by atoms with E-state index in [2.05, 4.69) is 41.3 Å². The van der Waals surface area contributed by atoms with Gasteiger partial charge in [-0.2, -0.15) is 0 Å². The summed E-state index contributed by atoms with van der Waals surface area (Å²) in [4.78, 5) is 2.07. The summed E-state index contributed by atoms with van der Waals surface area (Å²) < 4.78 is 0. The molecule has 0 aromatic heterocycles. The number of benzene rings is 2. The quantitative estimate of drug-likeness (QED) is 0.889. The van der Waals surface area contributed by atoms with Crippen LogP contribution in [0.4, 0.5) is 5.69 Å². The molecule has 2 aromatic carbocycles. The van der Waals surface area contributed by atoms with Crippen LogP contribution in [-0.2, 0) is 0 Å². The molecule has 1 N–H and O–H groups in total. The summed E-state index contributed by atoms with van der Waals surface area (Å²) in [5.74, 6) is 0.0578. The van der Waals surface area contributed by atoms with Gasteiger partial charge in [0, 0.05) is 25.7 Å². The van der Waals surface area contributed by atoms with Crippen LogP contribution in [0.2, 0.25) is 0 Å². The molecule has 0 saturated carbocycles. The molecule has 0 aliphatic carbocycles. The summed E-state index contributed by atoms with van der Waals surface area (Å²) in [6, 6.07) is 18.5. The molecule has 0 heterocycles. The number of rotatable bonds is 4. The van der Waals surface area contributed by atoms with Gasteiger partial charge < -0.3 is 10.0 Å². The summed E-state index contributed by atoms with van der Waals surface area (Å²) in [6.07, 6.45) is 0. The average molecular weight is 241 g/mol. The molecule has 0 aliphatic heterocycles. The van der Waals surface area contributed by atoms with Crippen molar-refractivity contribution in [2.75, 3.05) is 25.6 Å². The summed E-state index contributed by atoms with van der Waals surface area (Å²) in [5, 5.41) is 9.60. The predicted molar refractivity (Wildman–Crippen MR) is 76.1 cm³/mol. The SMILES string of the molecule is CN(C)c1ccc(C(CO)c2ccccc2)cc1. The zero-order chi connectivity index (χ0) is 13.0. The Kier molecular flexibility index (Phi) is 4.00. The first-order valence-corrected chi connectivity index (χ1v) is 6.15. The van der Waals surface area contributed by atoms with Gasteiger partial charge in [-0.25, -0.2) is 0 Å². The van der Waals surface area contributed by atoms with Gasteiger partial charge in [0.2, 0.25) is 0 Å². The predicted octanol–water partition coefficient (Wildman–Crippen LogP) is 2.88. The van der Waals surface area contributed by atoms with Crippen molar-refractivity contribution in [1.82, 2.24) is 0 Å². The van der Waals surface area contributed by atoms with Gasteiger partial charge in [-0.3, -0.25) is 0 Å². The van der Waals surface area contributed by atoms with Gasteiger partial charge in [-0.1, -0.05) is 42.5 Å². The fourth-order valence-corrected chi connectivity index (χ4v) is 2.09. The van der Waals surface area contributed by atoms with E-state index in [-0.39, 0.29) is 12.5 Å². The van der Waals surface area contributed by atoms with E-state index in [9.17, 15) is 5.11 Å². The first-order chi connectivity index (χ1) is 8.72. The van der Waals surface area contributed by atoms with Crippen molar-refractivity contribution < 1.29 is 5.11 Å². The number of aliphatic hydroxyl groups is 1. The molecule has 0 saturated heterocycles. The standard InChI is InChI=1S/C16H19NO/c1-17(2)15-10-8-14(9-11-15)16(12-18)13-6-4-3-5-7-13/h3-11,16,18H,12H2,1-2H3. The highest BCUT2D eigenvalue weighted by atomic mass is 16.3. The van der Waals surface area contributed by atoms with Gasteiger partial charge in [0.05, 0.1) is 6.61 Å². The van der Waals surface area contributed by atoms with Crippen LogP contribution in [0.1, 0.15) is 17.0 Å². The Hall–Kier alpha value is -1.80. The molecular weight excluding hydrogens is 222 g/mol. The summed E-state index contributed by atoms with van der Waals surface area (Å²) >= 11 is 0. The Morgan fingerprint density at radius 3 is 1.94 bits per heavy atom. The van der Waals surface area contributed by atoms with Gasteiger partial charge in [0.15, 0.2) is 0 Å². The number of nitrogens with zero attached hydrogens (tertiary/aromatic N) is 1. The van der Waals surface area contributed by atoms with Crippen molar-refractivity contribution >= 4 is 5.69 Å². The molecule has 0 radical (unpaired) electrons. The fraction of sp³-hybridized carbons (Fsp3) is 0.250. The topological polar surface area (TPSA) is 23.5 Å². The molecule has 2 heteroatoms. The van der Waals surface area contributed by atoms with E-state index in [0.29, 0.717) is 0 Å². The van der Waals surface area contributed by atoms with Crippen LogP contribution in [0.25, 0.3) is 0 Å². The molecule has 2 rings (SSSR count). The van der Waals surface area contributed by atoms with Crippen LogP contribution < -0.4 is 4.90 Å². The van der Waals surface area contributed by atoms with Gasteiger partial charge >= 0.3 is 0 Å². The third kappa shape index (κ3) is 2.71. The smallest absolute Gasteiger partial charge is 0.0540 e. The number of aliphatic hydroxyl groups excluding tert-OH is 1. The Morgan fingerprint density at radius 2 is 1.44 bits per heavy atom. The summed E-state index contributed by atoms with van der Waals surface area (Å²) in [5.41, 5.74) is 3.47. The van der Waals surface area contributed by atoms with E-state index >= 15 is 0 Å². The van der Waals surface area contributed by atoms with Crippen molar-refractivity contribution in [3.8, 4) is 0 Å². The third-order valence-electron chi connectivity index (χ3n) is 3.20.